The molecule has 0 aliphatic heterocycles. The first-order valence-electron chi connectivity index (χ1n) is 6.29. The van der Waals surface area contributed by atoms with Crippen molar-refractivity contribution < 1.29 is 4.39 Å². The van der Waals surface area contributed by atoms with E-state index < -0.39 is 0 Å². The number of hydrogen-bond acceptors (Lipinski definition) is 0. The lowest BCUT2D eigenvalue weighted by molar-refractivity contribution is 0.627. The first-order chi connectivity index (χ1) is 9.11. The van der Waals surface area contributed by atoms with E-state index in [4.69, 9.17) is 11.6 Å². The van der Waals surface area contributed by atoms with Crippen LogP contribution in [-0.4, -0.2) is 0 Å². The van der Waals surface area contributed by atoms with Gasteiger partial charge >= 0.3 is 0 Å². The van der Waals surface area contributed by atoms with E-state index >= 15 is 0 Å². The Morgan fingerprint density at radius 1 is 1.16 bits per heavy atom. The molecule has 0 aliphatic rings. The summed E-state index contributed by atoms with van der Waals surface area (Å²) in [6.07, 6.45) is 2.23. The van der Waals surface area contributed by atoms with Crippen molar-refractivity contribution in [2.75, 3.05) is 0 Å². The molecule has 3 heteroatoms. The second-order valence-corrected chi connectivity index (χ2v) is 5.84. The van der Waals surface area contributed by atoms with Crippen LogP contribution in [0.4, 0.5) is 4.39 Å². The predicted octanol–water partition coefficient (Wildman–Crippen LogP) is 5.92. The summed E-state index contributed by atoms with van der Waals surface area (Å²) in [7, 11) is 0. The molecule has 0 bridgehead atoms. The van der Waals surface area contributed by atoms with Gasteiger partial charge in [-0.2, -0.15) is 0 Å². The van der Waals surface area contributed by atoms with Gasteiger partial charge in [0.2, 0.25) is 0 Å². The molecular weight excluding hydrogens is 327 g/mol. The molecule has 19 heavy (non-hydrogen) atoms. The van der Waals surface area contributed by atoms with Crippen LogP contribution >= 0.6 is 27.5 Å². The lowest BCUT2D eigenvalue weighted by Crippen LogP contribution is -1.95. The van der Waals surface area contributed by atoms with Crippen molar-refractivity contribution in [1.29, 1.82) is 0 Å². The molecule has 0 nitrogen and oxygen atoms in total. The van der Waals surface area contributed by atoms with E-state index in [9.17, 15) is 4.39 Å². The molecule has 0 aromatic heterocycles. The molecule has 0 amide bonds. The molecule has 0 aliphatic carbocycles. The maximum atomic E-state index is 13.1. The highest BCUT2D eigenvalue weighted by atomic mass is 79.9. The summed E-state index contributed by atoms with van der Waals surface area (Å²) in [5, 5.41) is 0.444. The molecule has 0 radical (unpaired) electrons. The third-order valence-corrected chi connectivity index (χ3v) is 4.40. The van der Waals surface area contributed by atoms with Crippen LogP contribution in [0.3, 0.4) is 0 Å². The first kappa shape index (κ1) is 14.5. The van der Waals surface area contributed by atoms with Crippen LogP contribution in [0.25, 0.3) is 0 Å². The Kier molecular flexibility index (Phi) is 5.00. The first-order valence-corrected chi connectivity index (χ1v) is 7.59. The van der Waals surface area contributed by atoms with Gasteiger partial charge in [-0.05, 0) is 35.2 Å². The third-order valence-electron chi connectivity index (χ3n) is 3.05. The van der Waals surface area contributed by atoms with E-state index in [0.29, 0.717) is 5.02 Å². The molecule has 0 heterocycles. The summed E-state index contributed by atoms with van der Waals surface area (Å²) in [5.41, 5.74) is 3.33. The van der Waals surface area contributed by atoms with Gasteiger partial charge in [-0.25, -0.2) is 4.39 Å². The van der Waals surface area contributed by atoms with E-state index in [1.807, 2.05) is 0 Å². The molecule has 0 saturated heterocycles. The molecule has 1 unspecified atom stereocenters. The van der Waals surface area contributed by atoms with E-state index in [1.54, 1.807) is 6.07 Å². The quantitative estimate of drug-likeness (QED) is 0.606. The Bertz CT molecular complexity index is 551. The van der Waals surface area contributed by atoms with Gasteiger partial charge in [0.05, 0.1) is 4.83 Å². The Balaban J connectivity index is 2.25. The monoisotopic (exact) mass is 340 g/mol. The lowest BCUT2D eigenvalue weighted by Gasteiger charge is -2.13. The van der Waals surface area contributed by atoms with E-state index in [2.05, 4.69) is 47.1 Å². The van der Waals surface area contributed by atoms with Crippen LogP contribution in [0.5, 0.6) is 0 Å². The zero-order valence-corrected chi connectivity index (χ0v) is 13.0. The van der Waals surface area contributed by atoms with Crippen molar-refractivity contribution in [3.63, 3.8) is 0 Å². The highest BCUT2D eigenvalue weighted by Gasteiger charge is 2.14. The van der Waals surface area contributed by atoms with Crippen molar-refractivity contribution in [3.8, 4) is 0 Å². The highest BCUT2D eigenvalue weighted by molar-refractivity contribution is 9.09. The topological polar surface area (TPSA) is 0 Å². The zero-order valence-electron chi connectivity index (χ0n) is 10.7. The van der Waals surface area contributed by atoms with E-state index in [0.717, 1.165) is 24.0 Å². The van der Waals surface area contributed by atoms with Crippen LogP contribution in [0.2, 0.25) is 5.02 Å². The SMILES string of the molecule is CCCc1ccc(C(Br)c2ccc(F)cc2Cl)cc1. The molecule has 2 aromatic carbocycles. The highest BCUT2D eigenvalue weighted by Crippen LogP contribution is 2.35. The van der Waals surface area contributed by atoms with Crippen molar-refractivity contribution in [2.45, 2.75) is 24.6 Å². The fourth-order valence-electron chi connectivity index (χ4n) is 2.03. The van der Waals surface area contributed by atoms with E-state index in [1.165, 1.54) is 17.7 Å². The Morgan fingerprint density at radius 3 is 2.42 bits per heavy atom. The summed E-state index contributed by atoms with van der Waals surface area (Å²) >= 11 is 9.71. The normalized spacial score (nSPS) is 12.4. The standard InChI is InChI=1S/C16H15BrClF/c1-2-3-11-4-6-12(7-5-11)16(17)14-9-8-13(19)10-15(14)18/h4-10,16H,2-3H2,1H3. The molecular formula is C16H15BrClF. The Labute approximate surface area is 126 Å². The third kappa shape index (κ3) is 3.58. The van der Waals surface area contributed by atoms with Gasteiger partial charge in [0.25, 0.3) is 0 Å². The maximum absolute atomic E-state index is 13.1. The van der Waals surface area contributed by atoms with Gasteiger partial charge in [-0.3, -0.25) is 0 Å². The zero-order chi connectivity index (χ0) is 13.8. The molecule has 0 saturated carbocycles. The molecule has 0 N–H and O–H groups in total. The molecule has 0 spiro atoms. The minimum atomic E-state index is -0.313. The second-order valence-electron chi connectivity index (χ2n) is 4.52. The minimum absolute atomic E-state index is 0.0173. The number of halogens is 3. The van der Waals surface area contributed by atoms with Gasteiger partial charge in [-0.1, -0.05) is 71.2 Å². The van der Waals surface area contributed by atoms with Crippen LogP contribution in [0, 0.1) is 5.82 Å². The fraction of sp³-hybridized carbons (Fsp3) is 0.250. The van der Waals surface area contributed by atoms with Gasteiger partial charge in [0.15, 0.2) is 0 Å². The number of alkyl halides is 1. The number of hydrogen-bond donors (Lipinski definition) is 0. The number of rotatable bonds is 4. The van der Waals surface area contributed by atoms with Crippen molar-refractivity contribution >= 4 is 27.5 Å². The summed E-state index contributed by atoms with van der Waals surface area (Å²) in [6, 6.07) is 12.9. The lowest BCUT2D eigenvalue weighted by atomic mass is 10.0. The summed E-state index contributed by atoms with van der Waals surface area (Å²) in [6.45, 7) is 2.17. The molecule has 1 atom stereocenters. The second kappa shape index (κ2) is 6.53. The molecule has 0 fully saturated rings. The van der Waals surface area contributed by atoms with Crippen LogP contribution in [0.1, 0.15) is 34.9 Å². The number of benzene rings is 2. The summed E-state index contributed by atoms with van der Waals surface area (Å²) in [4.78, 5) is -0.0173. The smallest absolute Gasteiger partial charge is 0.124 e. The van der Waals surface area contributed by atoms with Crippen LogP contribution in [-0.2, 0) is 6.42 Å². The Hall–Kier alpha value is -0.860. The van der Waals surface area contributed by atoms with Crippen LogP contribution in [0.15, 0.2) is 42.5 Å². The largest absolute Gasteiger partial charge is 0.207 e. The van der Waals surface area contributed by atoms with Gasteiger partial charge in [0, 0.05) is 5.02 Å². The molecule has 2 rings (SSSR count). The van der Waals surface area contributed by atoms with Crippen molar-refractivity contribution in [2.24, 2.45) is 0 Å². The number of aryl methyl sites for hydroxylation is 1. The molecule has 100 valence electrons. The Morgan fingerprint density at radius 2 is 1.84 bits per heavy atom. The fourth-order valence-corrected chi connectivity index (χ4v) is 3.14. The van der Waals surface area contributed by atoms with E-state index in [-0.39, 0.29) is 10.6 Å². The summed E-state index contributed by atoms with van der Waals surface area (Å²) < 4.78 is 13.1. The molecule has 2 aromatic rings. The summed E-state index contributed by atoms with van der Waals surface area (Å²) in [5.74, 6) is -0.313. The van der Waals surface area contributed by atoms with Gasteiger partial charge in [-0.15, -0.1) is 0 Å². The van der Waals surface area contributed by atoms with Crippen molar-refractivity contribution in [3.05, 3.63) is 70.0 Å². The average molecular weight is 342 g/mol. The van der Waals surface area contributed by atoms with Gasteiger partial charge < -0.3 is 0 Å². The minimum Gasteiger partial charge on any atom is -0.207 e. The van der Waals surface area contributed by atoms with Crippen LogP contribution < -0.4 is 0 Å². The van der Waals surface area contributed by atoms with Gasteiger partial charge in [0.1, 0.15) is 5.82 Å². The maximum Gasteiger partial charge on any atom is 0.124 e. The predicted molar refractivity (Wildman–Crippen MR) is 82.6 cm³/mol. The average Bonchev–Trinajstić information content (AvgIpc) is 2.39. The van der Waals surface area contributed by atoms with Crippen molar-refractivity contribution in [1.82, 2.24) is 0 Å².